The normalized spacial score (nSPS) is 11.8. The van der Waals surface area contributed by atoms with E-state index in [9.17, 15) is 18.5 Å². The number of rotatable bonds is 7. The number of sulfonamides is 1. The fourth-order valence-corrected chi connectivity index (χ4v) is 3.62. The van der Waals surface area contributed by atoms with Gasteiger partial charge in [-0.15, -0.1) is 0 Å². The third-order valence-corrected chi connectivity index (χ3v) is 5.26. The molecule has 0 saturated heterocycles. The van der Waals surface area contributed by atoms with Crippen molar-refractivity contribution in [1.29, 1.82) is 0 Å². The van der Waals surface area contributed by atoms with Gasteiger partial charge in [-0.3, -0.25) is 10.1 Å². The number of nitrogens with zero attached hydrogens (tertiary/aromatic N) is 2. The van der Waals surface area contributed by atoms with Gasteiger partial charge in [-0.2, -0.15) is 0 Å². The maximum absolute atomic E-state index is 12.4. The molecule has 0 spiro atoms. The molecule has 0 amide bonds. The molecule has 1 aromatic carbocycles. The molecule has 0 fully saturated rings. The van der Waals surface area contributed by atoms with Crippen LogP contribution in [0.4, 0.5) is 5.69 Å². The van der Waals surface area contributed by atoms with E-state index in [1.807, 2.05) is 6.92 Å². The summed E-state index contributed by atoms with van der Waals surface area (Å²) in [7, 11) is -2.42. The Labute approximate surface area is 127 Å². The lowest BCUT2D eigenvalue weighted by molar-refractivity contribution is -0.387. The highest BCUT2D eigenvalue weighted by molar-refractivity contribution is 9.10. The van der Waals surface area contributed by atoms with E-state index < -0.39 is 20.6 Å². The molecule has 0 saturated carbocycles. The second-order valence-corrected chi connectivity index (χ2v) is 7.33. The van der Waals surface area contributed by atoms with Crippen molar-refractivity contribution < 1.29 is 13.3 Å². The lowest BCUT2D eigenvalue weighted by Gasteiger charge is -2.17. The van der Waals surface area contributed by atoms with E-state index in [0.29, 0.717) is 11.0 Å². The van der Waals surface area contributed by atoms with Crippen LogP contribution in [0, 0.1) is 10.1 Å². The van der Waals surface area contributed by atoms with E-state index in [2.05, 4.69) is 15.9 Å². The van der Waals surface area contributed by atoms with E-state index in [0.717, 1.165) is 23.6 Å². The summed E-state index contributed by atoms with van der Waals surface area (Å²) in [6.45, 7) is 2.37. The van der Waals surface area contributed by atoms with Crippen LogP contribution in [0.1, 0.15) is 26.2 Å². The minimum atomic E-state index is -3.86. The maximum Gasteiger partial charge on any atom is 0.289 e. The lowest BCUT2D eigenvalue weighted by Crippen LogP contribution is -2.28. The average Bonchev–Trinajstić information content (AvgIpc) is 2.38. The predicted octanol–water partition coefficient (Wildman–Crippen LogP) is 3.17. The largest absolute Gasteiger partial charge is 0.289 e. The van der Waals surface area contributed by atoms with Crippen LogP contribution < -0.4 is 0 Å². The Kier molecular flexibility index (Phi) is 6.09. The van der Waals surface area contributed by atoms with E-state index in [4.69, 9.17) is 0 Å². The van der Waals surface area contributed by atoms with Gasteiger partial charge in [0, 0.05) is 24.1 Å². The molecule has 0 bridgehead atoms. The first-order chi connectivity index (χ1) is 9.30. The number of benzene rings is 1. The predicted molar refractivity (Wildman–Crippen MR) is 80.1 cm³/mol. The number of hydrogen-bond donors (Lipinski definition) is 0. The highest BCUT2D eigenvalue weighted by atomic mass is 79.9. The Morgan fingerprint density at radius 2 is 2.00 bits per heavy atom. The minimum Gasteiger partial charge on any atom is -0.258 e. The summed E-state index contributed by atoms with van der Waals surface area (Å²) in [5, 5.41) is 11.0. The van der Waals surface area contributed by atoms with E-state index in [1.54, 1.807) is 0 Å². The number of hydrogen-bond acceptors (Lipinski definition) is 4. The van der Waals surface area contributed by atoms with Gasteiger partial charge in [0.15, 0.2) is 4.90 Å². The molecule has 0 heterocycles. The molecule has 0 radical (unpaired) electrons. The van der Waals surface area contributed by atoms with Crippen molar-refractivity contribution in [2.24, 2.45) is 0 Å². The zero-order chi connectivity index (χ0) is 15.3. The quantitative estimate of drug-likeness (QED) is 0.422. The van der Waals surface area contributed by atoms with Crippen LogP contribution in [-0.4, -0.2) is 31.2 Å². The molecule has 1 rings (SSSR count). The molecule has 0 aliphatic heterocycles. The van der Waals surface area contributed by atoms with Gasteiger partial charge in [-0.05, 0) is 18.6 Å². The summed E-state index contributed by atoms with van der Waals surface area (Å²) < 4.78 is 26.5. The second kappa shape index (κ2) is 7.14. The molecule has 0 aliphatic rings. The van der Waals surface area contributed by atoms with Crippen LogP contribution in [0.3, 0.4) is 0 Å². The first kappa shape index (κ1) is 17.1. The molecule has 8 heteroatoms. The molecular formula is C12H17BrN2O4S. The second-order valence-electron chi connectivity index (χ2n) is 4.40. The van der Waals surface area contributed by atoms with Crippen molar-refractivity contribution >= 4 is 31.6 Å². The van der Waals surface area contributed by atoms with Crippen LogP contribution in [-0.2, 0) is 10.0 Å². The Hall–Kier alpha value is -0.990. The number of nitro benzene ring substituents is 1. The first-order valence-corrected chi connectivity index (χ1v) is 8.44. The van der Waals surface area contributed by atoms with Crippen LogP contribution in [0.2, 0.25) is 0 Å². The zero-order valence-electron chi connectivity index (χ0n) is 11.4. The SMILES string of the molecule is CCCCCN(C)S(=O)(=O)c1cc(Br)ccc1[N+](=O)[O-]. The molecule has 1 aromatic rings. The third-order valence-electron chi connectivity index (χ3n) is 2.88. The third kappa shape index (κ3) is 4.00. The van der Waals surface area contributed by atoms with Crippen LogP contribution >= 0.6 is 15.9 Å². The van der Waals surface area contributed by atoms with E-state index in [1.165, 1.54) is 25.2 Å². The molecule has 0 aliphatic carbocycles. The highest BCUT2D eigenvalue weighted by Gasteiger charge is 2.29. The maximum atomic E-state index is 12.4. The van der Waals surface area contributed by atoms with Crippen molar-refractivity contribution in [3.05, 3.63) is 32.8 Å². The number of nitro groups is 1. The highest BCUT2D eigenvalue weighted by Crippen LogP contribution is 2.29. The monoisotopic (exact) mass is 364 g/mol. The topological polar surface area (TPSA) is 80.5 Å². The summed E-state index contributed by atoms with van der Waals surface area (Å²) in [4.78, 5) is 10.0. The molecule has 0 aromatic heterocycles. The lowest BCUT2D eigenvalue weighted by atomic mass is 10.2. The Morgan fingerprint density at radius 3 is 2.55 bits per heavy atom. The molecule has 0 atom stereocenters. The van der Waals surface area contributed by atoms with Crippen molar-refractivity contribution in [2.45, 2.75) is 31.1 Å². The fraction of sp³-hybridized carbons (Fsp3) is 0.500. The van der Waals surface area contributed by atoms with Crippen LogP contribution in [0.5, 0.6) is 0 Å². The van der Waals surface area contributed by atoms with Gasteiger partial charge < -0.3 is 0 Å². The van der Waals surface area contributed by atoms with Crippen molar-refractivity contribution in [2.75, 3.05) is 13.6 Å². The van der Waals surface area contributed by atoms with Crippen molar-refractivity contribution in [1.82, 2.24) is 4.31 Å². The summed E-state index contributed by atoms with van der Waals surface area (Å²) in [6, 6.07) is 3.91. The van der Waals surface area contributed by atoms with Gasteiger partial charge >= 0.3 is 0 Å². The molecule has 6 nitrogen and oxygen atoms in total. The van der Waals surface area contributed by atoms with Gasteiger partial charge in [-0.25, -0.2) is 12.7 Å². The number of unbranched alkanes of at least 4 members (excludes halogenated alkanes) is 2. The Balaban J connectivity index is 3.14. The zero-order valence-corrected chi connectivity index (χ0v) is 13.8. The first-order valence-electron chi connectivity index (χ1n) is 6.21. The smallest absolute Gasteiger partial charge is 0.258 e. The van der Waals surface area contributed by atoms with Crippen molar-refractivity contribution in [3.8, 4) is 0 Å². The van der Waals surface area contributed by atoms with Crippen LogP contribution in [0.15, 0.2) is 27.6 Å². The number of halogens is 1. The molecule has 20 heavy (non-hydrogen) atoms. The fourth-order valence-electron chi connectivity index (χ4n) is 1.72. The van der Waals surface area contributed by atoms with Gasteiger partial charge in [0.1, 0.15) is 0 Å². The van der Waals surface area contributed by atoms with Gasteiger partial charge in [0.05, 0.1) is 4.92 Å². The average molecular weight is 365 g/mol. The summed E-state index contributed by atoms with van der Waals surface area (Å²) in [6.07, 6.45) is 2.62. The van der Waals surface area contributed by atoms with Crippen molar-refractivity contribution in [3.63, 3.8) is 0 Å². The Morgan fingerprint density at radius 1 is 1.35 bits per heavy atom. The summed E-state index contributed by atoms with van der Waals surface area (Å²) >= 11 is 3.15. The summed E-state index contributed by atoms with van der Waals surface area (Å²) in [5.74, 6) is 0. The van der Waals surface area contributed by atoms with Gasteiger partial charge in [0.25, 0.3) is 5.69 Å². The molecule has 0 N–H and O–H groups in total. The molecule has 112 valence electrons. The summed E-state index contributed by atoms with van der Waals surface area (Å²) in [5.41, 5.74) is -0.407. The molecule has 0 unspecified atom stereocenters. The van der Waals surface area contributed by atoms with Gasteiger partial charge in [-0.1, -0.05) is 35.7 Å². The minimum absolute atomic E-state index is 0.282. The van der Waals surface area contributed by atoms with Gasteiger partial charge in [0.2, 0.25) is 10.0 Å². The standard InChI is InChI=1S/C12H17BrN2O4S/c1-3-4-5-8-14(2)20(18,19)12-9-10(13)6-7-11(12)15(16)17/h6-7,9H,3-5,8H2,1-2H3. The Bertz CT molecular complexity index is 589. The molecular weight excluding hydrogens is 348 g/mol. The van der Waals surface area contributed by atoms with E-state index in [-0.39, 0.29) is 4.90 Å². The van der Waals surface area contributed by atoms with E-state index >= 15 is 0 Å². The van der Waals surface area contributed by atoms with Crippen LogP contribution in [0.25, 0.3) is 0 Å².